The second kappa shape index (κ2) is 6.99. The molecule has 2 aromatic rings. The molecule has 0 aliphatic carbocycles. The van der Waals surface area contributed by atoms with Gasteiger partial charge >= 0.3 is 0 Å². The van der Waals surface area contributed by atoms with Crippen molar-refractivity contribution in [3.05, 3.63) is 47.4 Å². The molecule has 1 unspecified atom stereocenters. The van der Waals surface area contributed by atoms with Crippen LogP contribution in [0.3, 0.4) is 0 Å². The summed E-state index contributed by atoms with van der Waals surface area (Å²) in [6.45, 7) is 7.67. The van der Waals surface area contributed by atoms with Crippen LogP contribution in [0.15, 0.2) is 30.3 Å². The summed E-state index contributed by atoms with van der Waals surface area (Å²) >= 11 is 0. The molecule has 1 N–H and O–H groups in total. The first-order chi connectivity index (χ1) is 11.5. The van der Waals surface area contributed by atoms with Gasteiger partial charge in [0.25, 0.3) is 5.91 Å². The number of hydrogen-bond acceptors (Lipinski definition) is 4. The predicted molar refractivity (Wildman–Crippen MR) is 95.5 cm³/mol. The maximum atomic E-state index is 12.8. The highest BCUT2D eigenvalue weighted by Crippen LogP contribution is 2.20. The Kier molecular flexibility index (Phi) is 4.79. The van der Waals surface area contributed by atoms with E-state index < -0.39 is 0 Å². The molecule has 2 heterocycles. The Morgan fingerprint density at radius 3 is 2.83 bits per heavy atom. The minimum Gasteiger partial charge on any atom is -0.340 e. The summed E-state index contributed by atoms with van der Waals surface area (Å²) in [5.41, 5.74) is 2.59. The average Bonchev–Trinajstić information content (AvgIpc) is 2.53. The summed E-state index contributed by atoms with van der Waals surface area (Å²) in [5, 5.41) is 3.27. The fraction of sp³-hybridized carbons (Fsp3) is 0.421. The zero-order valence-corrected chi connectivity index (χ0v) is 14.5. The Labute approximate surface area is 143 Å². The molecule has 1 aromatic carbocycles. The zero-order valence-electron chi connectivity index (χ0n) is 14.5. The van der Waals surface area contributed by atoms with Gasteiger partial charge in [-0.25, -0.2) is 9.97 Å². The van der Waals surface area contributed by atoms with Crippen LogP contribution in [0.25, 0.3) is 0 Å². The molecule has 1 aliphatic rings. The molecule has 1 saturated heterocycles. The summed E-state index contributed by atoms with van der Waals surface area (Å²) in [7, 11) is 0. The third kappa shape index (κ3) is 3.91. The van der Waals surface area contributed by atoms with Crippen LogP contribution in [0, 0.1) is 19.8 Å². The van der Waals surface area contributed by atoms with Crippen molar-refractivity contribution in [2.45, 2.75) is 33.6 Å². The first kappa shape index (κ1) is 16.4. The molecule has 1 aromatic heterocycles. The second-order valence-corrected chi connectivity index (χ2v) is 6.68. The second-order valence-electron chi connectivity index (χ2n) is 6.68. The van der Waals surface area contributed by atoms with Crippen LogP contribution in [-0.4, -0.2) is 33.9 Å². The number of carbonyl (C=O) groups excluding carboxylic acids is 1. The van der Waals surface area contributed by atoms with Crippen molar-refractivity contribution in [3.63, 3.8) is 0 Å². The van der Waals surface area contributed by atoms with Gasteiger partial charge in [0.05, 0.1) is 0 Å². The Balaban J connectivity index is 1.82. The third-order valence-corrected chi connectivity index (χ3v) is 4.29. The van der Waals surface area contributed by atoms with Gasteiger partial charge in [0, 0.05) is 24.8 Å². The van der Waals surface area contributed by atoms with Crippen molar-refractivity contribution in [1.82, 2.24) is 14.9 Å². The predicted octanol–water partition coefficient (Wildman–Crippen LogP) is 3.71. The number of anilines is 2. The molecule has 1 amide bonds. The lowest BCUT2D eigenvalue weighted by molar-refractivity contribution is 0.0676. The van der Waals surface area contributed by atoms with Crippen molar-refractivity contribution >= 4 is 17.4 Å². The molecule has 5 nitrogen and oxygen atoms in total. The summed E-state index contributed by atoms with van der Waals surface area (Å²) < 4.78 is 0. The molecule has 1 fully saturated rings. The number of amides is 1. The van der Waals surface area contributed by atoms with E-state index in [4.69, 9.17) is 0 Å². The van der Waals surface area contributed by atoms with Crippen molar-refractivity contribution in [2.24, 2.45) is 5.92 Å². The van der Waals surface area contributed by atoms with Gasteiger partial charge in [-0.2, -0.15) is 0 Å². The molecule has 126 valence electrons. The minimum atomic E-state index is -0.000609. The molecule has 0 radical (unpaired) electrons. The molecule has 1 aliphatic heterocycles. The Bertz CT molecular complexity index is 744. The van der Waals surface area contributed by atoms with E-state index >= 15 is 0 Å². The zero-order chi connectivity index (χ0) is 17.1. The Morgan fingerprint density at radius 1 is 1.25 bits per heavy atom. The average molecular weight is 324 g/mol. The molecule has 0 saturated carbocycles. The number of rotatable bonds is 3. The van der Waals surface area contributed by atoms with E-state index in [1.807, 2.05) is 43.0 Å². The Hall–Kier alpha value is -2.43. The van der Waals surface area contributed by atoms with E-state index in [0.717, 1.165) is 25.2 Å². The van der Waals surface area contributed by atoms with Crippen LogP contribution in [0.4, 0.5) is 11.5 Å². The Morgan fingerprint density at radius 2 is 2.08 bits per heavy atom. The summed E-state index contributed by atoms with van der Waals surface area (Å²) in [5.74, 6) is 1.80. The van der Waals surface area contributed by atoms with Gasteiger partial charge in [0.1, 0.15) is 17.3 Å². The van der Waals surface area contributed by atoms with Crippen molar-refractivity contribution < 1.29 is 4.79 Å². The fourth-order valence-electron chi connectivity index (χ4n) is 3.15. The summed E-state index contributed by atoms with van der Waals surface area (Å²) in [4.78, 5) is 23.4. The number of aromatic nitrogens is 2. The number of aryl methyl sites for hydroxylation is 2. The lowest BCUT2D eigenvalue weighted by atomic mass is 10.00. The molecular weight excluding hydrogens is 300 g/mol. The van der Waals surface area contributed by atoms with Crippen LogP contribution >= 0.6 is 0 Å². The summed E-state index contributed by atoms with van der Waals surface area (Å²) in [6, 6.07) is 9.82. The number of likely N-dealkylation sites (tertiary alicyclic amines) is 1. The topological polar surface area (TPSA) is 58.1 Å². The van der Waals surface area contributed by atoms with Crippen molar-refractivity contribution in [2.75, 3.05) is 18.4 Å². The van der Waals surface area contributed by atoms with Crippen LogP contribution in [0.2, 0.25) is 0 Å². The van der Waals surface area contributed by atoms with Gasteiger partial charge in [0.15, 0.2) is 0 Å². The number of hydrogen-bond donors (Lipinski definition) is 1. The van der Waals surface area contributed by atoms with Gasteiger partial charge < -0.3 is 10.2 Å². The lowest BCUT2D eigenvalue weighted by Crippen LogP contribution is -2.39. The standard InChI is InChI=1S/C19H24N4O/c1-13-6-4-8-16(10-13)22-18-11-17(20-15(3)21-18)19(24)23-9-5-7-14(2)12-23/h4,6,8,10-11,14H,5,7,9,12H2,1-3H3,(H,20,21,22). The van der Waals surface area contributed by atoms with E-state index in [2.05, 4.69) is 22.2 Å². The van der Waals surface area contributed by atoms with Gasteiger partial charge in [-0.3, -0.25) is 4.79 Å². The highest BCUT2D eigenvalue weighted by atomic mass is 16.2. The first-order valence-electron chi connectivity index (χ1n) is 8.50. The molecule has 0 bridgehead atoms. The number of nitrogens with zero attached hydrogens (tertiary/aromatic N) is 3. The maximum absolute atomic E-state index is 12.8. The van der Waals surface area contributed by atoms with E-state index in [1.54, 1.807) is 6.07 Å². The molecule has 5 heteroatoms. The largest absolute Gasteiger partial charge is 0.340 e. The molecule has 1 atom stereocenters. The van der Waals surface area contributed by atoms with Gasteiger partial charge in [0.2, 0.25) is 0 Å². The van der Waals surface area contributed by atoms with Crippen LogP contribution < -0.4 is 5.32 Å². The van der Waals surface area contributed by atoms with Gasteiger partial charge in [-0.05, 0) is 50.3 Å². The number of carbonyl (C=O) groups is 1. The number of nitrogens with one attached hydrogen (secondary N) is 1. The van der Waals surface area contributed by atoms with Crippen LogP contribution in [0.5, 0.6) is 0 Å². The van der Waals surface area contributed by atoms with E-state index in [1.165, 1.54) is 12.0 Å². The van der Waals surface area contributed by atoms with Crippen LogP contribution in [-0.2, 0) is 0 Å². The molecular formula is C19H24N4O. The molecule has 0 spiro atoms. The smallest absolute Gasteiger partial charge is 0.272 e. The van der Waals surface area contributed by atoms with Crippen LogP contribution in [0.1, 0.15) is 41.6 Å². The molecule has 3 rings (SSSR count). The van der Waals surface area contributed by atoms with E-state index in [9.17, 15) is 4.79 Å². The number of piperidine rings is 1. The lowest BCUT2D eigenvalue weighted by Gasteiger charge is -2.30. The number of benzene rings is 1. The monoisotopic (exact) mass is 324 g/mol. The first-order valence-corrected chi connectivity index (χ1v) is 8.50. The SMILES string of the molecule is Cc1cccc(Nc2cc(C(=O)N3CCCC(C)C3)nc(C)n2)c1. The molecule has 24 heavy (non-hydrogen) atoms. The minimum absolute atomic E-state index is 0.000609. The van der Waals surface area contributed by atoms with E-state index in [0.29, 0.717) is 23.3 Å². The highest BCUT2D eigenvalue weighted by Gasteiger charge is 2.23. The maximum Gasteiger partial charge on any atom is 0.272 e. The quantitative estimate of drug-likeness (QED) is 0.935. The normalized spacial score (nSPS) is 17.6. The fourth-order valence-corrected chi connectivity index (χ4v) is 3.15. The van der Waals surface area contributed by atoms with Gasteiger partial charge in [-0.15, -0.1) is 0 Å². The van der Waals surface area contributed by atoms with Gasteiger partial charge in [-0.1, -0.05) is 19.1 Å². The van der Waals surface area contributed by atoms with Crippen molar-refractivity contribution in [3.8, 4) is 0 Å². The van der Waals surface area contributed by atoms with E-state index in [-0.39, 0.29) is 5.91 Å². The highest BCUT2D eigenvalue weighted by molar-refractivity contribution is 5.93. The van der Waals surface area contributed by atoms with Crippen molar-refractivity contribution in [1.29, 1.82) is 0 Å². The third-order valence-electron chi connectivity index (χ3n) is 4.29. The summed E-state index contributed by atoms with van der Waals surface area (Å²) in [6.07, 6.45) is 2.25.